The van der Waals surface area contributed by atoms with Crippen LogP contribution in [0.3, 0.4) is 0 Å². The number of imide groups is 1. The number of hydrogen-bond acceptors (Lipinski definition) is 4. The first-order valence-corrected chi connectivity index (χ1v) is 9.70. The van der Waals surface area contributed by atoms with Crippen molar-refractivity contribution in [2.45, 2.75) is 25.8 Å². The van der Waals surface area contributed by atoms with E-state index < -0.39 is 17.4 Å². The zero-order chi connectivity index (χ0) is 18.9. The lowest BCUT2D eigenvalue weighted by Gasteiger charge is -2.42. The molecule has 3 amide bonds. The first kappa shape index (κ1) is 18.5. The Balaban J connectivity index is 2.00. The second kappa shape index (κ2) is 7.17. The first-order chi connectivity index (χ1) is 12.3. The summed E-state index contributed by atoms with van der Waals surface area (Å²) in [6.45, 7) is 2.92. The summed E-state index contributed by atoms with van der Waals surface area (Å²) in [5, 5.41) is 6.42. The summed E-state index contributed by atoms with van der Waals surface area (Å²) >= 11 is 4.87. The van der Waals surface area contributed by atoms with Crippen LogP contribution in [0.2, 0.25) is 0 Å². The predicted molar refractivity (Wildman–Crippen MR) is 104 cm³/mol. The lowest BCUT2D eigenvalue weighted by atomic mass is 9.87. The van der Waals surface area contributed by atoms with Gasteiger partial charge in [-0.05, 0) is 39.9 Å². The predicted octanol–water partition coefficient (Wildman–Crippen LogP) is 3.36. The van der Waals surface area contributed by atoms with E-state index in [-0.39, 0.29) is 18.0 Å². The standard InChI is InChI=1S/C19H17BrN2O3S/c1-12(23)22-17(24)16(8-14-10-26-11-15(14)20)21-18(25)19(22,2)9-13-6-4-3-5-7-13/h3-8,10-11H,9H2,1-2H3,(H,21,25). The molecule has 1 aromatic heterocycles. The van der Waals surface area contributed by atoms with Gasteiger partial charge in [-0.25, -0.2) is 0 Å². The summed E-state index contributed by atoms with van der Waals surface area (Å²) in [5.74, 6) is -1.35. The molecule has 1 fully saturated rings. The van der Waals surface area contributed by atoms with E-state index in [1.165, 1.54) is 18.3 Å². The smallest absolute Gasteiger partial charge is 0.277 e. The Labute approximate surface area is 163 Å². The molecule has 2 aromatic rings. The average Bonchev–Trinajstić information content (AvgIpc) is 2.98. The van der Waals surface area contributed by atoms with E-state index in [4.69, 9.17) is 0 Å². The zero-order valence-corrected chi connectivity index (χ0v) is 16.7. The van der Waals surface area contributed by atoms with Crippen LogP contribution in [0.4, 0.5) is 0 Å². The van der Waals surface area contributed by atoms with Gasteiger partial charge < -0.3 is 5.32 Å². The molecule has 2 heterocycles. The van der Waals surface area contributed by atoms with Crippen molar-refractivity contribution in [2.24, 2.45) is 0 Å². The molecule has 1 atom stereocenters. The molecular formula is C19H17BrN2O3S. The highest BCUT2D eigenvalue weighted by Crippen LogP contribution is 2.30. The Hall–Kier alpha value is -2.25. The van der Waals surface area contributed by atoms with Crippen LogP contribution in [0.1, 0.15) is 25.0 Å². The zero-order valence-electron chi connectivity index (χ0n) is 14.3. The number of rotatable bonds is 3. The summed E-state index contributed by atoms with van der Waals surface area (Å²) in [4.78, 5) is 39.2. The maximum atomic E-state index is 13.0. The molecular weight excluding hydrogens is 416 g/mol. The fraction of sp³-hybridized carbons (Fsp3) is 0.211. The van der Waals surface area contributed by atoms with Gasteiger partial charge in [-0.1, -0.05) is 30.3 Å². The molecule has 0 saturated carbocycles. The van der Waals surface area contributed by atoms with Crippen LogP contribution in [0.5, 0.6) is 0 Å². The van der Waals surface area contributed by atoms with Gasteiger partial charge in [-0.2, -0.15) is 11.3 Å². The molecule has 1 N–H and O–H groups in total. The van der Waals surface area contributed by atoms with E-state index in [1.54, 1.807) is 13.0 Å². The minimum atomic E-state index is -1.28. The maximum Gasteiger partial charge on any atom is 0.277 e. The molecule has 134 valence electrons. The van der Waals surface area contributed by atoms with E-state index in [1.807, 2.05) is 41.1 Å². The third kappa shape index (κ3) is 3.37. The van der Waals surface area contributed by atoms with Crippen LogP contribution in [-0.2, 0) is 20.8 Å². The van der Waals surface area contributed by atoms with Gasteiger partial charge in [0.05, 0.1) is 0 Å². The molecule has 7 heteroatoms. The highest BCUT2D eigenvalue weighted by molar-refractivity contribution is 9.10. The van der Waals surface area contributed by atoms with E-state index in [9.17, 15) is 14.4 Å². The van der Waals surface area contributed by atoms with Crippen molar-refractivity contribution >= 4 is 51.1 Å². The number of benzene rings is 1. The first-order valence-electron chi connectivity index (χ1n) is 7.97. The third-order valence-electron chi connectivity index (χ3n) is 4.31. The SMILES string of the molecule is CC(=O)N1C(=O)C(=Cc2cscc2Br)NC(=O)C1(C)Cc1ccccc1. The number of thiophene rings is 1. The molecule has 3 rings (SSSR count). The van der Waals surface area contributed by atoms with Gasteiger partial charge in [0.15, 0.2) is 0 Å². The van der Waals surface area contributed by atoms with Crippen molar-refractivity contribution in [2.75, 3.05) is 0 Å². The van der Waals surface area contributed by atoms with E-state index in [0.29, 0.717) is 0 Å². The molecule has 1 aliphatic rings. The number of amides is 3. The number of carbonyl (C=O) groups excluding carboxylic acids is 3. The van der Waals surface area contributed by atoms with Crippen LogP contribution >= 0.6 is 27.3 Å². The van der Waals surface area contributed by atoms with Crippen molar-refractivity contribution in [3.63, 3.8) is 0 Å². The van der Waals surface area contributed by atoms with Gasteiger partial charge >= 0.3 is 0 Å². The topological polar surface area (TPSA) is 66.5 Å². The highest BCUT2D eigenvalue weighted by Gasteiger charge is 2.49. The molecule has 1 saturated heterocycles. The van der Waals surface area contributed by atoms with E-state index in [0.717, 1.165) is 20.5 Å². The minimum absolute atomic E-state index is 0.0924. The number of hydrogen-bond donors (Lipinski definition) is 1. The van der Waals surface area contributed by atoms with Gasteiger partial charge in [0.1, 0.15) is 11.2 Å². The number of nitrogens with one attached hydrogen (secondary N) is 1. The van der Waals surface area contributed by atoms with Gasteiger partial charge in [-0.3, -0.25) is 19.3 Å². The number of halogens is 1. The van der Waals surface area contributed by atoms with Crippen LogP contribution < -0.4 is 5.32 Å². The number of carbonyl (C=O) groups is 3. The van der Waals surface area contributed by atoms with Crippen LogP contribution in [0.25, 0.3) is 6.08 Å². The maximum absolute atomic E-state index is 13.0. The molecule has 1 aliphatic heterocycles. The summed E-state index contributed by atoms with van der Waals surface area (Å²) in [6, 6.07) is 9.34. The Morgan fingerprint density at radius 1 is 1.27 bits per heavy atom. The Kier molecular flexibility index (Phi) is 5.11. The Bertz CT molecular complexity index is 907. The van der Waals surface area contributed by atoms with Crippen LogP contribution in [0.15, 0.2) is 51.3 Å². The average molecular weight is 433 g/mol. The summed E-state index contributed by atoms with van der Waals surface area (Å²) < 4.78 is 0.823. The van der Waals surface area contributed by atoms with Crippen molar-refractivity contribution < 1.29 is 14.4 Å². The van der Waals surface area contributed by atoms with E-state index >= 15 is 0 Å². The molecule has 0 spiro atoms. The summed E-state index contributed by atoms with van der Waals surface area (Å²) in [5.41, 5.74) is 0.453. The van der Waals surface area contributed by atoms with Crippen molar-refractivity contribution in [1.29, 1.82) is 0 Å². The fourth-order valence-corrected chi connectivity index (χ4v) is 4.42. The number of piperazine rings is 1. The Morgan fingerprint density at radius 2 is 1.96 bits per heavy atom. The third-order valence-corrected chi connectivity index (χ3v) is 6.06. The Morgan fingerprint density at radius 3 is 2.54 bits per heavy atom. The lowest BCUT2D eigenvalue weighted by molar-refractivity contribution is -0.158. The molecule has 1 aromatic carbocycles. The second-order valence-electron chi connectivity index (χ2n) is 6.28. The van der Waals surface area contributed by atoms with Gasteiger partial charge in [0.2, 0.25) is 5.91 Å². The number of nitrogens with zero attached hydrogens (tertiary/aromatic N) is 1. The summed E-state index contributed by atoms with van der Waals surface area (Å²) in [7, 11) is 0. The molecule has 0 bridgehead atoms. The largest absolute Gasteiger partial charge is 0.319 e. The van der Waals surface area contributed by atoms with Crippen molar-refractivity contribution in [3.8, 4) is 0 Å². The van der Waals surface area contributed by atoms with Crippen molar-refractivity contribution in [3.05, 3.63) is 62.4 Å². The van der Waals surface area contributed by atoms with Gasteiger partial charge in [0, 0.05) is 28.8 Å². The van der Waals surface area contributed by atoms with Gasteiger partial charge in [0.25, 0.3) is 11.8 Å². The fourth-order valence-electron chi connectivity index (χ4n) is 3.05. The monoisotopic (exact) mass is 432 g/mol. The summed E-state index contributed by atoms with van der Waals surface area (Å²) in [6.07, 6.45) is 1.83. The molecule has 0 aliphatic carbocycles. The molecule has 0 radical (unpaired) electrons. The van der Waals surface area contributed by atoms with E-state index in [2.05, 4.69) is 21.2 Å². The minimum Gasteiger partial charge on any atom is -0.319 e. The van der Waals surface area contributed by atoms with Crippen LogP contribution in [-0.4, -0.2) is 28.2 Å². The normalized spacial score (nSPS) is 21.8. The van der Waals surface area contributed by atoms with Gasteiger partial charge in [-0.15, -0.1) is 0 Å². The van der Waals surface area contributed by atoms with Crippen molar-refractivity contribution in [1.82, 2.24) is 10.2 Å². The molecule has 1 unspecified atom stereocenters. The molecule has 26 heavy (non-hydrogen) atoms. The lowest BCUT2D eigenvalue weighted by Crippen LogP contribution is -2.67. The highest BCUT2D eigenvalue weighted by atomic mass is 79.9. The van der Waals surface area contributed by atoms with Crippen LogP contribution in [0, 0.1) is 0 Å². The molecule has 5 nitrogen and oxygen atoms in total. The quantitative estimate of drug-likeness (QED) is 0.756. The second-order valence-corrected chi connectivity index (χ2v) is 7.88.